The van der Waals surface area contributed by atoms with Gasteiger partial charge in [0.15, 0.2) is 0 Å². The van der Waals surface area contributed by atoms with E-state index in [1.807, 2.05) is 48.7 Å². The Morgan fingerprint density at radius 2 is 1.73 bits per heavy atom. The average Bonchev–Trinajstić information content (AvgIpc) is 3.42. The molecule has 5 nitrogen and oxygen atoms in total. The van der Waals surface area contributed by atoms with Gasteiger partial charge < -0.3 is 5.32 Å². The van der Waals surface area contributed by atoms with Crippen LogP contribution in [0.5, 0.6) is 0 Å². The van der Waals surface area contributed by atoms with Crippen LogP contribution >= 0.6 is 0 Å². The molecule has 4 aromatic rings. The Morgan fingerprint density at radius 3 is 2.58 bits per heavy atom. The molecule has 1 aliphatic rings. The zero-order valence-corrected chi connectivity index (χ0v) is 14.3. The highest BCUT2D eigenvalue weighted by Crippen LogP contribution is 2.37. The summed E-state index contributed by atoms with van der Waals surface area (Å²) >= 11 is 0. The van der Waals surface area contributed by atoms with Gasteiger partial charge in [-0.05, 0) is 30.5 Å². The summed E-state index contributed by atoms with van der Waals surface area (Å²) < 4.78 is 2.06. The molecule has 128 valence electrons. The molecule has 1 fully saturated rings. The maximum atomic E-state index is 4.83. The molecule has 5 heteroatoms. The lowest BCUT2D eigenvalue weighted by Gasteiger charge is -2.12. The Hall–Kier alpha value is -3.21. The first-order valence-electron chi connectivity index (χ1n) is 8.97. The molecule has 5 rings (SSSR count). The van der Waals surface area contributed by atoms with E-state index in [1.54, 1.807) is 0 Å². The monoisotopic (exact) mass is 341 g/mol. The van der Waals surface area contributed by atoms with Gasteiger partial charge in [-0.25, -0.2) is 14.6 Å². The predicted octanol–water partition coefficient (Wildman–Crippen LogP) is 4.50. The standard InChI is InChI=1S/C21H19N5/c1-2-6-15(7-3-1)14-19-23-18-9-5-4-8-17(18)21(24-19)25-20-12-13-22-26(20)16-10-11-16/h1-9,12-13,16H,10-11,14H2,(H,23,24,25). The number of hydrogen-bond donors (Lipinski definition) is 1. The van der Waals surface area contributed by atoms with E-state index in [-0.39, 0.29) is 0 Å². The molecule has 0 bridgehead atoms. The molecule has 0 atom stereocenters. The highest BCUT2D eigenvalue weighted by Gasteiger charge is 2.26. The van der Waals surface area contributed by atoms with Crippen molar-refractivity contribution in [1.82, 2.24) is 19.7 Å². The smallest absolute Gasteiger partial charge is 0.143 e. The van der Waals surface area contributed by atoms with Crippen LogP contribution in [0, 0.1) is 0 Å². The van der Waals surface area contributed by atoms with Gasteiger partial charge in [0, 0.05) is 17.9 Å². The van der Waals surface area contributed by atoms with Gasteiger partial charge in [0.1, 0.15) is 17.5 Å². The quantitative estimate of drug-likeness (QED) is 0.581. The Morgan fingerprint density at radius 1 is 0.923 bits per heavy atom. The topological polar surface area (TPSA) is 55.6 Å². The van der Waals surface area contributed by atoms with E-state index >= 15 is 0 Å². The predicted molar refractivity (Wildman–Crippen MR) is 103 cm³/mol. The van der Waals surface area contributed by atoms with Crippen molar-refractivity contribution in [2.24, 2.45) is 0 Å². The van der Waals surface area contributed by atoms with Crippen molar-refractivity contribution in [2.45, 2.75) is 25.3 Å². The molecule has 26 heavy (non-hydrogen) atoms. The molecule has 0 radical (unpaired) electrons. The largest absolute Gasteiger partial charge is 0.325 e. The van der Waals surface area contributed by atoms with Crippen molar-refractivity contribution in [3.05, 3.63) is 78.2 Å². The minimum Gasteiger partial charge on any atom is -0.325 e. The number of fused-ring (bicyclic) bond motifs is 1. The van der Waals surface area contributed by atoms with E-state index in [0.717, 1.165) is 28.4 Å². The number of hydrogen-bond acceptors (Lipinski definition) is 4. The molecule has 1 saturated carbocycles. The molecule has 0 aliphatic heterocycles. The molecule has 0 unspecified atom stereocenters. The Labute approximate surface area is 151 Å². The lowest BCUT2D eigenvalue weighted by atomic mass is 10.1. The summed E-state index contributed by atoms with van der Waals surface area (Å²) in [5.41, 5.74) is 2.16. The number of rotatable bonds is 5. The molecule has 1 N–H and O–H groups in total. The Bertz CT molecular complexity index is 1050. The van der Waals surface area contributed by atoms with E-state index in [1.165, 1.54) is 18.4 Å². The summed E-state index contributed by atoms with van der Waals surface area (Å²) in [6.07, 6.45) is 4.94. The fourth-order valence-electron chi connectivity index (χ4n) is 3.22. The molecule has 2 aromatic heterocycles. The van der Waals surface area contributed by atoms with Gasteiger partial charge in [-0.3, -0.25) is 0 Å². The molecular weight excluding hydrogens is 322 g/mol. The minimum absolute atomic E-state index is 0.518. The number of para-hydroxylation sites is 1. The molecule has 0 spiro atoms. The third-order valence-electron chi connectivity index (χ3n) is 4.66. The van der Waals surface area contributed by atoms with Crippen molar-refractivity contribution in [1.29, 1.82) is 0 Å². The van der Waals surface area contributed by atoms with Gasteiger partial charge in [-0.15, -0.1) is 0 Å². The third-order valence-corrected chi connectivity index (χ3v) is 4.66. The number of nitrogens with one attached hydrogen (secondary N) is 1. The number of aromatic nitrogens is 4. The van der Waals surface area contributed by atoms with Crippen molar-refractivity contribution in [3.8, 4) is 0 Å². The van der Waals surface area contributed by atoms with E-state index in [0.29, 0.717) is 12.5 Å². The molecule has 2 aromatic carbocycles. The van der Waals surface area contributed by atoms with Crippen LogP contribution in [0.4, 0.5) is 11.6 Å². The molecule has 0 amide bonds. The van der Waals surface area contributed by atoms with Gasteiger partial charge in [0.05, 0.1) is 17.8 Å². The SMILES string of the molecule is c1ccc(Cc2nc(Nc3ccnn3C3CC3)c3ccccc3n2)cc1. The molecular formula is C21H19N5. The Kier molecular flexibility index (Phi) is 3.63. The first-order chi connectivity index (χ1) is 12.9. The first kappa shape index (κ1) is 15.1. The molecule has 2 heterocycles. The van der Waals surface area contributed by atoms with Crippen LogP contribution < -0.4 is 5.32 Å². The highest BCUT2D eigenvalue weighted by atomic mass is 15.4. The zero-order valence-electron chi connectivity index (χ0n) is 14.3. The number of nitrogens with zero attached hydrogens (tertiary/aromatic N) is 4. The van der Waals surface area contributed by atoms with Crippen molar-refractivity contribution < 1.29 is 0 Å². The number of anilines is 2. The summed E-state index contributed by atoms with van der Waals surface area (Å²) in [6.45, 7) is 0. The number of benzene rings is 2. The van der Waals surface area contributed by atoms with Gasteiger partial charge in [-0.2, -0.15) is 5.10 Å². The average molecular weight is 341 g/mol. The van der Waals surface area contributed by atoms with E-state index in [4.69, 9.17) is 9.97 Å². The van der Waals surface area contributed by atoms with Crippen LogP contribution in [0.15, 0.2) is 66.9 Å². The molecule has 1 aliphatic carbocycles. The molecule has 0 saturated heterocycles. The summed E-state index contributed by atoms with van der Waals surface area (Å²) in [5.74, 6) is 2.64. The minimum atomic E-state index is 0.518. The van der Waals surface area contributed by atoms with Crippen LogP contribution in [0.2, 0.25) is 0 Å². The van der Waals surface area contributed by atoms with E-state index < -0.39 is 0 Å². The third kappa shape index (κ3) is 2.92. The van der Waals surface area contributed by atoms with Crippen LogP contribution in [0.25, 0.3) is 10.9 Å². The van der Waals surface area contributed by atoms with Gasteiger partial charge in [0.2, 0.25) is 0 Å². The summed E-state index contributed by atoms with van der Waals surface area (Å²) in [4.78, 5) is 9.59. The van der Waals surface area contributed by atoms with E-state index in [2.05, 4.69) is 33.3 Å². The zero-order chi connectivity index (χ0) is 17.3. The van der Waals surface area contributed by atoms with Crippen LogP contribution in [-0.2, 0) is 6.42 Å². The van der Waals surface area contributed by atoms with Gasteiger partial charge in [0.25, 0.3) is 0 Å². The highest BCUT2D eigenvalue weighted by molar-refractivity contribution is 5.90. The Balaban J connectivity index is 1.55. The fourth-order valence-corrected chi connectivity index (χ4v) is 3.22. The summed E-state index contributed by atoms with van der Waals surface area (Å²) in [6, 6.07) is 21.0. The van der Waals surface area contributed by atoms with Crippen LogP contribution in [-0.4, -0.2) is 19.7 Å². The van der Waals surface area contributed by atoms with Crippen molar-refractivity contribution in [3.63, 3.8) is 0 Å². The second kappa shape index (κ2) is 6.26. The fraction of sp³-hybridized carbons (Fsp3) is 0.190. The lowest BCUT2D eigenvalue weighted by molar-refractivity contribution is 0.650. The van der Waals surface area contributed by atoms with Gasteiger partial charge >= 0.3 is 0 Å². The van der Waals surface area contributed by atoms with Crippen LogP contribution in [0.1, 0.15) is 30.3 Å². The van der Waals surface area contributed by atoms with E-state index in [9.17, 15) is 0 Å². The first-order valence-corrected chi connectivity index (χ1v) is 8.97. The van der Waals surface area contributed by atoms with Crippen molar-refractivity contribution in [2.75, 3.05) is 5.32 Å². The van der Waals surface area contributed by atoms with Gasteiger partial charge in [-0.1, -0.05) is 42.5 Å². The summed E-state index contributed by atoms with van der Waals surface area (Å²) in [7, 11) is 0. The maximum Gasteiger partial charge on any atom is 0.143 e. The lowest BCUT2D eigenvalue weighted by Crippen LogP contribution is -2.06. The summed E-state index contributed by atoms with van der Waals surface area (Å²) in [5, 5.41) is 8.97. The van der Waals surface area contributed by atoms with Crippen molar-refractivity contribution >= 4 is 22.5 Å². The normalized spacial score (nSPS) is 13.8. The second-order valence-electron chi connectivity index (χ2n) is 6.69. The van der Waals surface area contributed by atoms with Crippen LogP contribution in [0.3, 0.4) is 0 Å². The second-order valence-corrected chi connectivity index (χ2v) is 6.69. The maximum absolute atomic E-state index is 4.83.